The molecule has 1 N–H and O–H groups in total. The molecule has 4 rings (SSSR count). The summed E-state index contributed by atoms with van der Waals surface area (Å²) in [5.74, 6) is 0.177. The number of nitrogens with zero attached hydrogens (tertiary/aromatic N) is 5. The summed E-state index contributed by atoms with van der Waals surface area (Å²) in [5.41, 5.74) is -0.406. The van der Waals surface area contributed by atoms with Crippen molar-refractivity contribution >= 4 is 34.5 Å². The molecule has 0 unspecified atom stereocenters. The number of hydrogen-bond donors (Lipinski definition) is 1. The minimum Gasteiger partial charge on any atom is -0.349 e. The lowest BCUT2D eigenvalue weighted by molar-refractivity contribution is -0.145. The van der Waals surface area contributed by atoms with Crippen LogP contribution >= 0.6 is 22.7 Å². The van der Waals surface area contributed by atoms with Crippen molar-refractivity contribution in [3.05, 3.63) is 39.9 Å². The third-order valence-corrected chi connectivity index (χ3v) is 7.36. The van der Waals surface area contributed by atoms with Crippen molar-refractivity contribution in [2.75, 3.05) is 0 Å². The van der Waals surface area contributed by atoms with Gasteiger partial charge in [0.2, 0.25) is 17.6 Å². The van der Waals surface area contributed by atoms with Gasteiger partial charge in [0.15, 0.2) is 0 Å². The lowest BCUT2D eigenvalue weighted by Gasteiger charge is -2.40. The van der Waals surface area contributed by atoms with Gasteiger partial charge in [-0.25, -0.2) is 0 Å². The van der Waals surface area contributed by atoms with Gasteiger partial charge in [-0.15, -0.1) is 32.9 Å². The van der Waals surface area contributed by atoms with Gasteiger partial charge in [0.05, 0.1) is 4.88 Å². The van der Waals surface area contributed by atoms with E-state index in [9.17, 15) is 9.59 Å². The molecule has 8 nitrogen and oxygen atoms in total. The first-order chi connectivity index (χ1) is 15.8. The van der Waals surface area contributed by atoms with E-state index in [0.717, 1.165) is 41.9 Å². The molecular weight excluding hydrogens is 456 g/mol. The molecule has 1 saturated carbocycles. The first-order valence-electron chi connectivity index (χ1n) is 11.3. The molecule has 0 bridgehead atoms. The third kappa shape index (κ3) is 5.86. The molecule has 0 spiro atoms. The van der Waals surface area contributed by atoms with Gasteiger partial charge >= 0.3 is 0 Å². The second kappa shape index (κ2) is 10.1. The van der Waals surface area contributed by atoms with Crippen LogP contribution in [0, 0.1) is 0 Å². The van der Waals surface area contributed by atoms with Gasteiger partial charge in [-0.2, -0.15) is 4.80 Å². The van der Waals surface area contributed by atoms with E-state index in [0.29, 0.717) is 5.82 Å². The minimum absolute atomic E-state index is 0.00403. The lowest BCUT2D eigenvalue weighted by Crippen LogP contribution is -2.53. The molecule has 0 saturated heterocycles. The normalized spacial score (nSPS) is 15.8. The zero-order chi connectivity index (χ0) is 23.4. The molecule has 3 heterocycles. The Bertz CT molecular complexity index is 1050. The van der Waals surface area contributed by atoms with E-state index >= 15 is 0 Å². The molecule has 0 radical (unpaired) electrons. The minimum atomic E-state index is -0.680. The topological polar surface area (TPSA) is 93.0 Å². The van der Waals surface area contributed by atoms with Gasteiger partial charge in [0, 0.05) is 16.5 Å². The number of carbonyl (C=O) groups is 2. The van der Waals surface area contributed by atoms with Crippen LogP contribution in [0.15, 0.2) is 35.0 Å². The fraction of sp³-hybridized carbons (Fsp3) is 0.522. The SMILES string of the molecule is CC(C)(C)NC(=O)[C@H](c1cccs1)N(C(=O)Cn1nnc(-c2cccs2)n1)C1CCCCC1. The second-order valence-electron chi connectivity index (χ2n) is 9.37. The van der Waals surface area contributed by atoms with Crippen molar-refractivity contribution in [2.24, 2.45) is 0 Å². The number of hydrogen-bond acceptors (Lipinski definition) is 7. The van der Waals surface area contributed by atoms with Crippen molar-refractivity contribution in [1.29, 1.82) is 0 Å². The van der Waals surface area contributed by atoms with Crippen molar-refractivity contribution in [3.8, 4) is 10.7 Å². The number of rotatable bonds is 7. The Morgan fingerprint density at radius 1 is 1.15 bits per heavy atom. The van der Waals surface area contributed by atoms with E-state index < -0.39 is 11.6 Å². The fourth-order valence-corrected chi connectivity index (χ4v) is 5.68. The molecule has 0 aliphatic heterocycles. The number of nitrogens with one attached hydrogen (secondary N) is 1. The fourth-order valence-electron chi connectivity index (χ4n) is 4.21. The Kier molecular flexibility index (Phi) is 7.23. The molecule has 3 aromatic heterocycles. The first-order valence-corrected chi connectivity index (χ1v) is 13.1. The van der Waals surface area contributed by atoms with E-state index in [1.165, 1.54) is 27.5 Å². The molecule has 1 atom stereocenters. The van der Waals surface area contributed by atoms with Crippen LogP contribution in [0.4, 0.5) is 0 Å². The maximum absolute atomic E-state index is 13.7. The molecule has 1 aliphatic carbocycles. The summed E-state index contributed by atoms with van der Waals surface area (Å²) in [6.07, 6.45) is 5.04. The van der Waals surface area contributed by atoms with Crippen LogP contribution in [0.3, 0.4) is 0 Å². The highest BCUT2D eigenvalue weighted by atomic mass is 32.1. The van der Waals surface area contributed by atoms with Gasteiger partial charge in [-0.05, 0) is 61.7 Å². The van der Waals surface area contributed by atoms with Crippen molar-refractivity contribution < 1.29 is 9.59 Å². The van der Waals surface area contributed by atoms with Crippen LogP contribution in [-0.4, -0.2) is 48.5 Å². The molecular formula is C23H30N6O2S2. The quantitative estimate of drug-likeness (QED) is 0.538. The molecule has 1 aliphatic rings. The summed E-state index contributed by atoms with van der Waals surface area (Å²) in [6.45, 7) is 5.80. The number of aromatic nitrogens is 4. The predicted octanol–water partition coefficient (Wildman–Crippen LogP) is 4.28. The first kappa shape index (κ1) is 23.6. The predicted molar refractivity (Wildman–Crippen MR) is 130 cm³/mol. The smallest absolute Gasteiger partial charge is 0.248 e. The molecule has 2 amide bonds. The van der Waals surface area contributed by atoms with Crippen molar-refractivity contribution in [3.63, 3.8) is 0 Å². The summed E-state index contributed by atoms with van der Waals surface area (Å²) >= 11 is 3.02. The van der Waals surface area contributed by atoms with E-state index in [2.05, 4.69) is 20.7 Å². The van der Waals surface area contributed by atoms with Gasteiger partial charge in [0.25, 0.3) is 0 Å². The molecule has 3 aromatic rings. The third-order valence-electron chi connectivity index (χ3n) is 5.56. The summed E-state index contributed by atoms with van der Waals surface area (Å²) in [7, 11) is 0. The maximum Gasteiger partial charge on any atom is 0.248 e. The summed E-state index contributed by atoms with van der Waals surface area (Å²) < 4.78 is 0. The Morgan fingerprint density at radius 2 is 1.88 bits per heavy atom. The van der Waals surface area contributed by atoms with Crippen molar-refractivity contribution in [1.82, 2.24) is 30.4 Å². The Balaban J connectivity index is 1.64. The molecule has 10 heteroatoms. The monoisotopic (exact) mass is 486 g/mol. The Hall–Kier alpha value is -2.59. The van der Waals surface area contributed by atoms with E-state index in [1.54, 1.807) is 4.90 Å². The average molecular weight is 487 g/mol. The van der Waals surface area contributed by atoms with Gasteiger partial charge < -0.3 is 10.2 Å². The summed E-state index contributed by atoms with van der Waals surface area (Å²) in [5, 5.41) is 19.6. The molecule has 176 valence electrons. The largest absolute Gasteiger partial charge is 0.349 e. The number of tetrazole rings is 1. The lowest BCUT2D eigenvalue weighted by atomic mass is 9.92. The van der Waals surface area contributed by atoms with Crippen LogP contribution in [-0.2, 0) is 16.1 Å². The molecule has 0 aromatic carbocycles. The molecule has 33 heavy (non-hydrogen) atoms. The molecule has 1 fully saturated rings. The van der Waals surface area contributed by atoms with E-state index in [1.807, 2.05) is 55.8 Å². The van der Waals surface area contributed by atoms with E-state index in [4.69, 9.17) is 0 Å². The zero-order valence-corrected chi connectivity index (χ0v) is 20.9. The second-order valence-corrected chi connectivity index (χ2v) is 11.3. The van der Waals surface area contributed by atoms with Crippen LogP contribution in [0.1, 0.15) is 63.8 Å². The maximum atomic E-state index is 13.7. The number of thiophene rings is 2. The Morgan fingerprint density at radius 3 is 2.52 bits per heavy atom. The highest BCUT2D eigenvalue weighted by Crippen LogP contribution is 2.33. The van der Waals surface area contributed by atoms with Crippen molar-refractivity contribution in [2.45, 2.75) is 77.0 Å². The van der Waals surface area contributed by atoms with Gasteiger partial charge in [-0.3, -0.25) is 9.59 Å². The highest BCUT2D eigenvalue weighted by Gasteiger charge is 2.38. The number of carbonyl (C=O) groups excluding carboxylic acids is 2. The number of amides is 2. The van der Waals surface area contributed by atoms with Crippen LogP contribution in [0.25, 0.3) is 10.7 Å². The average Bonchev–Trinajstić information content (AvgIpc) is 3.53. The summed E-state index contributed by atoms with van der Waals surface area (Å²) in [4.78, 5) is 32.1. The summed E-state index contributed by atoms with van der Waals surface area (Å²) in [6, 6.07) is 7.03. The highest BCUT2D eigenvalue weighted by molar-refractivity contribution is 7.13. The van der Waals surface area contributed by atoms with Gasteiger partial charge in [-0.1, -0.05) is 31.4 Å². The van der Waals surface area contributed by atoms with Crippen LogP contribution in [0.5, 0.6) is 0 Å². The van der Waals surface area contributed by atoms with Crippen LogP contribution < -0.4 is 5.32 Å². The Labute approximate surface area is 202 Å². The zero-order valence-electron chi connectivity index (χ0n) is 19.2. The van der Waals surface area contributed by atoms with Gasteiger partial charge in [0.1, 0.15) is 12.6 Å². The standard InChI is InChI=1S/C23H30N6O2S2/c1-23(2,3)24-22(31)20(17-11-7-13-32-17)29(16-9-5-4-6-10-16)19(30)15-28-26-21(25-27-28)18-12-8-14-33-18/h7-8,11-14,16,20H,4-6,9-10,15H2,1-3H3,(H,24,31)/t20-/m0/s1. The van der Waals surface area contributed by atoms with E-state index in [-0.39, 0.29) is 24.4 Å². The van der Waals surface area contributed by atoms with Crippen LogP contribution in [0.2, 0.25) is 0 Å².